The van der Waals surface area contributed by atoms with Gasteiger partial charge < -0.3 is 15.1 Å². The molecular formula is C13H29N3. The van der Waals surface area contributed by atoms with E-state index in [9.17, 15) is 0 Å². The maximum absolute atomic E-state index is 3.74. The zero-order valence-electron chi connectivity index (χ0n) is 11.8. The van der Waals surface area contributed by atoms with Crippen molar-refractivity contribution in [2.24, 2.45) is 5.92 Å². The maximum Gasteiger partial charge on any atom is 0.0186 e. The highest BCUT2D eigenvalue weighted by Crippen LogP contribution is 2.20. The topological polar surface area (TPSA) is 18.5 Å². The van der Waals surface area contributed by atoms with Crippen LogP contribution in [0.5, 0.6) is 0 Å². The van der Waals surface area contributed by atoms with E-state index in [-0.39, 0.29) is 0 Å². The van der Waals surface area contributed by atoms with Gasteiger partial charge in [-0.05, 0) is 47.3 Å². The van der Waals surface area contributed by atoms with Crippen LogP contribution in [0.4, 0.5) is 0 Å². The van der Waals surface area contributed by atoms with E-state index in [0.29, 0.717) is 18.1 Å². The minimum atomic E-state index is 0.613. The van der Waals surface area contributed by atoms with E-state index in [2.05, 4.69) is 57.0 Å². The third-order valence-electron chi connectivity index (χ3n) is 4.17. The molecule has 1 rings (SSSR count). The van der Waals surface area contributed by atoms with Crippen molar-refractivity contribution < 1.29 is 0 Å². The molecule has 16 heavy (non-hydrogen) atoms. The van der Waals surface area contributed by atoms with Gasteiger partial charge in [-0.3, -0.25) is 0 Å². The predicted octanol–water partition coefficient (Wildman–Crippen LogP) is 1.25. The maximum atomic E-state index is 3.74. The average molecular weight is 227 g/mol. The highest BCUT2D eigenvalue weighted by atomic mass is 15.2. The number of rotatable bonds is 4. The number of nitrogens with one attached hydrogen (secondary N) is 1. The van der Waals surface area contributed by atoms with Gasteiger partial charge in [0, 0.05) is 31.2 Å². The molecule has 0 amide bonds. The third-order valence-corrected chi connectivity index (χ3v) is 4.17. The summed E-state index contributed by atoms with van der Waals surface area (Å²) in [6.45, 7) is 9.28. The van der Waals surface area contributed by atoms with Crippen molar-refractivity contribution in [3.05, 3.63) is 0 Å². The van der Waals surface area contributed by atoms with Crippen LogP contribution < -0.4 is 5.32 Å². The molecule has 3 nitrogen and oxygen atoms in total. The zero-order chi connectivity index (χ0) is 12.3. The van der Waals surface area contributed by atoms with Crippen LogP contribution in [-0.4, -0.2) is 62.2 Å². The van der Waals surface area contributed by atoms with Crippen LogP contribution in [0, 0.1) is 5.92 Å². The highest BCUT2D eigenvalue weighted by molar-refractivity contribution is 4.86. The fourth-order valence-corrected chi connectivity index (χ4v) is 2.33. The lowest BCUT2D eigenvalue weighted by molar-refractivity contribution is 0.118. The van der Waals surface area contributed by atoms with Crippen LogP contribution >= 0.6 is 0 Å². The molecule has 0 aromatic carbocycles. The molecule has 1 aliphatic heterocycles. The molecule has 96 valence electrons. The second-order valence-electron chi connectivity index (χ2n) is 5.83. The molecular weight excluding hydrogens is 198 g/mol. The summed E-state index contributed by atoms with van der Waals surface area (Å²) >= 11 is 0. The van der Waals surface area contributed by atoms with Crippen LogP contribution in [0.1, 0.15) is 27.2 Å². The minimum absolute atomic E-state index is 0.613. The summed E-state index contributed by atoms with van der Waals surface area (Å²) in [7, 11) is 6.53. The summed E-state index contributed by atoms with van der Waals surface area (Å²) in [4.78, 5) is 4.74. The summed E-state index contributed by atoms with van der Waals surface area (Å²) in [5.74, 6) is 0.760. The molecule has 0 saturated carbocycles. The van der Waals surface area contributed by atoms with E-state index in [0.717, 1.165) is 12.5 Å². The van der Waals surface area contributed by atoms with Crippen LogP contribution in [0.2, 0.25) is 0 Å². The molecule has 1 aliphatic rings. The molecule has 0 aromatic heterocycles. The Labute approximate surface area is 101 Å². The number of hydrogen-bond donors (Lipinski definition) is 1. The Balaban J connectivity index is 2.36. The number of piperidine rings is 1. The minimum Gasteiger partial charge on any atom is -0.312 e. The van der Waals surface area contributed by atoms with Gasteiger partial charge >= 0.3 is 0 Å². The van der Waals surface area contributed by atoms with E-state index in [4.69, 9.17) is 0 Å². The average Bonchev–Trinajstić information content (AvgIpc) is 2.20. The van der Waals surface area contributed by atoms with E-state index in [1.165, 1.54) is 13.0 Å². The summed E-state index contributed by atoms with van der Waals surface area (Å²) in [5, 5.41) is 3.74. The van der Waals surface area contributed by atoms with Crippen molar-refractivity contribution in [2.75, 3.05) is 34.2 Å². The quantitative estimate of drug-likeness (QED) is 0.780. The van der Waals surface area contributed by atoms with Gasteiger partial charge in [-0.2, -0.15) is 0 Å². The second-order valence-corrected chi connectivity index (χ2v) is 5.83. The SMILES string of the molecule is CC1CN(C)C(C)CC1NCC(C)N(C)C. The van der Waals surface area contributed by atoms with E-state index < -0.39 is 0 Å². The molecule has 4 unspecified atom stereocenters. The van der Waals surface area contributed by atoms with Gasteiger partial charge in [0.1, 0.15) is 0 Å². The molecule has 0 aliphatic carbocycles. The Hall–Kier alpha value is -0.120. The molecule has 3 heteroatoms. The Morgan fingerprint density at radius 2 is 2.00 bits per heavy atom. The van der Waals surface area contributed by atoms with E-state index >= 15 is 0 Å². The lowest BCUT2D eigenvalue weighted by Crippen LogP contribution is -2.52. The van der Waals surface area contributed by atoms with E-state index in [1.54, 1.807) is 0 Å². The molecule has 0 aromatic rings. The van der Waals surface area contributed by atoms with Crippen LogP contribution in [0.25, 0.3) is 0 Å². The van der Waals surface area contributed by atoms with Crippen molar-refractivity contribution in [3.8, 4) is 0 Å². The normalized spacial score (nSPS) is 34.3. The Morgan fingerprint density at radius 3 is 2.56 bits per heavy atom. The van der Waals surface area contributed by atoms with Crippen molar-refractivity contribution in [1.29, 1.82) is 0 Å². The number of likely N-dealkylation sites (N-methyl/N-ethyl adjacent to an activating group) is 1. The molecule has 1 saturated heterocycles. The Bertz CT molecular complexity index is 205. The number of nitrogens with zero attached hydrogens (tertiary/aromatic N) is 2. The standard InChI is InChI=1S/C13H29N3/c1-10-9-16(6)11(2)7-13(10)14-8-12(3)15(4)5/h10-14H,7-9H2,1-6H3. The second kappa shape index (κ2) is 5.99. The molecule has 1 N–H and O–H groups in total. The monoisotopic (exact) mass is 227 g/mol. The molecule has 0 spiro atoms. The largest absolute Gasteiger partial charge is 0.312 e. The van der Waals surface area contributed by atoms with Crippen LogP contribution in [0.15, 0.2) is 0 Å². The summed E-state index contributed by atoms with van der Waals surface area (Å²) in [6.07, 6.45) is 1.28. The lowest BCUT2D eigenvalue weighted by Gasteiger charge is -2.40. The van der Waals surface area contributed by atoms with Gasteiger partial charge in [0.05, 0.1) is 0 Å². The molecule has 0 bridgehead atoms. The summed E-state index contributed by atoms with van der Waals surface area (Å²) in [5.41, 5.74) is 0. The molecule has 1 fully saturated rings. The first-order chi connectivity index (χ1) is 7.41. The van der Waals surface area contributed by atoms with Gasteiger partial charge in [-0.25, -0.2) is 0 Å². The molecule has 4 atom stereocenters. The first-order valence-electron chi connectivity index (χ1n) is 6.51. The molecule has 1 heterocycles. The highest BCUT2D eigenvalue weighted by Gasteiger charge is 2.28. The zero-order valence-corrected chi connectivity index (χ0v) is 11.8. The van der Waals surface area contributed by atoms with Crippen molar-refractivity contribution in [1.82, 2.24) is 15.1 Å². The Morgan fingerprint density at radius 1 is 1.38 bits per heavy atom. The first kappa shape index (κ1) is 13.9. The fraction of sp³-hybridized carbons (Fsp3) is 1.00. The Kier molecular flexibility index (Phi) is 5.22. The number of likely N-dealkylation sites (tertiary alicyclic amines) is 1. The predicted molar refractivity (Wildman–Crippen MR) is 70.8 cm³/mol. The van der Waals surface area contributed by atoms with E-state index in [1.807, 2.05) is 0 Å². The van der Waals surface area contributed by atoms with Crippen molar-refractivity contribution in [3.63, 3.8) is 0 Å². The van der Waals surface area contributed by atoms with Gasteiger partial charge in [0.2, 0.25) is 0 Å². The molecule has 0 radical (unpaired) electrons. The first-order valence-corrected chi connectivity index (χ1v) is 6.51. The van der Waals surface area contributed by atoms with Crippen LogP contribution in [-0.2, 0) is 0 Å². The smallest absolute Gasteiger partial charge is 0.0186 e. The van der Waals surface area contributed by atoms with Crippen molar-refractivity contribution >= 4 is 0 Å². The van der Waals surface area contributed by atoms with Gasteiger partial charge in [0.25, 0.3) is 0 Å². The van der Waals surface area contributed by atoms with Crippen LogP contribution in [0.3, 0.4) is 0 Å². The third kappa shape index (κ3) is 3.72. The summed E-state index contributed by atoms with van der Waals surface area (Å²) in [6, 6.07) is 2.01. The number of hydrogen-bond acceptors (Lipinski definition) is 3. The fourth-order valence-electron chi connectivity index (χ4n) is 2.33. The lowest BCUT2D eigenvalue weighted by atomic mass is 9.90. The van der Waals surface area contributed by atoms with Gasteiger partial charge in [-0.15, -0.1) is 0 Å². The van der Waals surface area contributed by atoms with Gasteiger partial charge in [-0.1, -0.05) is 6.92 Å². The van der Waals surface area contributed by atoms with Crippen molar-refractivity contribution in [2.45, 2.75) is 45.3 Å². The summed E-state index contributed by atoms with van der Waals surface area (Å²) < 4.78 is 0. The van der Waals surface area contributed by atoms with Gasteiger partial charge in [0.15, 0.2) is 0 Å².